The Morgan fingerprint density at radius 1 is 1.12 bits per heavy atom. The molecule has 2 aliphatic rings. The molecule has 2 fully saturated rings. The van der Waals surface area contributed by atoms with Gasteiger partial charge in [-0.05, 0) is 50.6 Å². The Kier molecular flexibility index (Phi) is 7.86. The smallest absolute Gasteiger partial charge is 0.260 e. The second kappa shape index (κ2) is 11.0. The summed E-state index contributed by atoms with van der Waals surface area (Å²) >= 11 is 5.84. The SMILES string of the molecule is O=C(Nc1cncc(Cl)n1)c1cnc(F)cc1N1CCC(CCCC2CCNCC2)CC1. The van der Waals surface area contributed by atoms with E-state index in [4.69, 9.17) is 11.6 Å². The van der Waals surface area contributed by atoms with Gasteiger partial charge in [0.15, 0.2) is 5.82 Å². The first-order chi connectivity index (χ1) is 15.6. The first kappa shape index (κ1) is 22.9. The normalized spacial score (nSPS) is 18.0. The molecule has 172 valence electrons. The highest BCUT2D eigenvalue weighted by Gasteiger charge is 2.24. The van der Waals surface area contributed by atoms with Crippen LogP contribution in [-0.4, -0.2) is 47.0 Å². The van der Waals surface area contributed by atoms with Gasteiger partial charge in [-0.2, -0.15) is 4.39 Å². The number of nitrogens with zero attached hydrogens (tertiary/aromatic N) is 4. The van der Waals surface area contributed by atoms with Crippen LogP contribution in [0, 0.1) is 17.8 Å². The van der Waals surface area contributed by atoms with Gasteiger partial charge < -0.3 is 15.5 Å². The first-order valence-electron chi connectivity index (χ1n) is 11.5. The first-order valence-corrected chi connectivity index (χ1v) is 11.9. The van der Waals surface area contributed by atoms with Gasteiger partial charge in [-0.25, -0.2) is 9.97 Å². The van der Waals surface area contributed by atoms with Crippen molar-refractivity contribution in [2.75, 3.05) is 36.4 Å². The zero-order valence-corrected chi connectivity index (χ0v) is 19.0. The predicted molar refractivity (Wildman–Crippen MR) is 124 cm³/mol. The number of halogens is 2. The van der Waals surface area contributed by atoms with E-state index in [-0.39, 0.29) is 11.0 Å². The van der Waals surface area contributed by atoms with Gasteiger partial charge in [0.2, 0.25) is 5.95 Å². The van der Waals surface area contributed by atoms with E-state index in [0.29, 0.717) is 17.2 Å². The van der Waals surface area contributed by atoms with Crippen molar-refractivity contribution in [1.29, 1.82) is 0 Å². The standard InChI is InChI=1S/C23H30ClFN6O/c24-20-14-27-15-22(29-20)30-23(32)18-13-28-21(25)12-19(18)31-10-6-17(7-11-31)3-1-2-16-4-8-26-9-5-16/h12-17,26H,1-11H2,(H,29,30,32). The van der Waals surface area contributed by atoms with Crippen LogP contribution in [-0.2, 0) is 0 Å². The Hall–Kier alpha value is -2.32. The lowest BCUT2D eigenvalue weighted by Crippen LogP contribution is -2.35. The Labute approximate surface area is 193 Å². The van der Waals surface area contributed by atoms with Crippen molar-refractivity contribution in [3.63, 3.8) is 0 Å². The monoisotopic (exact) mass is 460 g/mol. The maximum absolute atomic E-state index is 14.0. The molecule has 4 heterocycles. The van der Waals surface area contributed by atoms with E-state index in [1.165, 1.54) is 56.8 Å². The minimum absolute atomic E-state index is 0.183. The van der Waals surface area contributed by atoms with Crippen molar-refractivity contribution in [2.45, 2.75) is 44.9 Å². The number of anilines is 2. The molecule has 0 bridgehead atoms. The van der Waals surface area contributed by atoms with Crippen molar-refractivity contribution >= 4 is 29.0 Å². The summed E-state index contributed by atoms with van der Waals surface area (Å²) in [5, 5.41) is 6.29. The fraction of sp³-hybridized carbons (Fsp3) is 0.565. The van der Waals surface area contributed by atoms with Gasteiger partial charge in [0, 0.05) is 25.4 Å². The van der Waals surface area contributed by atoms with Gasteiger partial charge in [-0.15, -0.1) is 0 Å². The number of pyridine rings is 1. The van der Waals surface area contributed by atoms with Crippen LogP contribution in [0.5, 0.6) is 0 Å². The minimum atomic E-state index is -0.594. The summed E-state index contributed by atoms with van der Waals surface area (Å²) in [5.74, 6) is 0.807. The molecule has 2 aliphatic heterocycles. The third-order valence-electron chi connectivity index (χ3n) is 6.58. The molecule has 4 rings (SSSR count). The zero-order chi connectivity index (χ0) is 22.3. The van der Waals surface area contributed by atoms with Crippen LogP contribution in [0.15, 0.2) is 24.7 Å². The molecule has 1 amide bonds. The molecule has 2 saturated heterocycles. The molecule has 0 radical (unpaired) electrons. The number of rotatable bonds is 7. The highest BCUT2D eigenvalue weighted by molar-refractivity contribution is 6.29. The summed E-state index contributed by atoms with van der Waals surface area (Å²) in [6.45, 7) is 3.92. The van der Waals surface area contributed by atoms with Crippen LogP contribution >= 0.6 is 11.6 Å². The van der Waals surface area contributed by atoms with Gasteiger partial charge in [0.1, 0.15) is 5.15 Å². The summed E-state index contributed by atoms with van der Waals surface area (Å²) in [7, 11) is 0. The Morgan fingerprint density at radius 3 is 2.56 bits per heavy atom. The minimum Gasteiger partial charge on any atom is -0.371 e. The number of nitrogens with one attached hydrogen (secondary N) is 2. The number of piperidine rings is 2. The summed E-state index contributed by atoms with van der Waals surface area (Å²) in [5.41, 5.74) is 0.885. The molecule has 0 unspecified atom stereocenters. The summed E-state index contributed by atoms with van der Waals surface area (Å²) in [4.78, 5) is 26.6. The van der Waals surface area contributed by atoms with Crippen molar-refractivity contribution in [3.8, 4) is 0 Å². The van der Waals surface area contributed by atoms with Crippen LogP contribution in [0.1, 0.15) is 55.3 Å². The Balaban J connectivity index is 1.33. The van der Waals surface area contributed by atoms with Crippen molar-refractivity contribution in [3.05, 3.63) is 41.3 Å². The van der Waals surface area contributed by atoms with E-state index in [1.807, 2.05) is 0 Å². The third kappa shape index (κ3) is 6.13. The average Bonchev–Trinajstić information content (AvgIpc) is 2.80. The number of hydrogen-bond donors (Lipinski definition) is 2. The van der Waals surface area contributed by atoms with E-state index in [0.717, 1.165) is 44.9 Å². The molecule has 2 N–H and O–H groups in total. The largest absolute Gasteiger partial charge is 0.371 e. The third-order valence-corrected chi connectivity index (χ3v) is 6.76. The van der Waals surface area contributed by atoms with Crippen LogP contribution in [0.3, 0.4) is 0 Å². The topological polar surface area (TPSA) is 83.0 Å². The summed E-state index contributed by atoms with van der Waals surface area (Å²) in [6, 6.07) is 1.34. The maximum atomic E-state index is 14.0. The van der Waals surface area contributed by atoms with Gasteiger partial charge in [0.05, 0.1) is 23.6 Å². The summed E-state index contributed by atoms with van der Waals surface area (Å²) in [6.07, 6.45) is 12.7. The van der Waals surface area contributed by atoms with Crippen molar-refractivity contribution in [2.24, 2.45) is 11.8 Å². The van der Waals surface area contributed by atoms with Gasteiger partial charge in [-0.1, -0.05) is 30.9 Å². The van der Waals surface area contributed by atoms with Gasteiger partial charge in [-0.3, -0.25) is 9.78 Å². The molecule has 0 spiro atoms. The highest BCUT2D eigenvalue weighted by atomic mass is 35.5. The molecule has 7 nitrogen and oxygen atoms in total. The molecule has 9 heteroatoms. The lowest BCUT2D eigenvalue weighted by atomic mass is 9.87. The predicted octanol–water partition coefficient (Wildman–Crippen LogP) is 4.30. The lowest BCUT2D eigenvalue weighted by Gasteiger charge is -2.34. The van der Waals surface area contributed by atoms with E-state index >= 15 is 0 Å². The van der Waals surface area contributed by atoms with Crippen LogP contribution in [0.25, 0.3) is 0 Å². The molecular weight excluding hydrogens is 431 g/mol. The molecule has 0 aliphatic carbocycles. The van der Waals surface area contributed by atoms with E-state index < -0.39 is 11.9 Å². The van der Waals surface area contributed by atoms with Crippen molar-refractivity contribution < 1.29 is 9.18 Å². The van der Waals surface area contributed by atoms with Crippen molar-refractivity contribution in [1.82, 2.24) is 20.3 Å². The quantitative estimate of drug-likeness (QED) is 0.599. The summed E-state index contributed by atoms with van der Waals surface area (Å²) < 4.78 is 14.0. The van der Waals surface area contributed by atoms with Crippen LogP contribution < -0.4 is 15.5 Å². The number of hydrogen-bond acceptors (Lipinski definition) is 6. The zero-order valence-electron chi connectivity index (χ0n) is 18.2. The lowest BCUT2D eigenvalue weighted by molar-refractivity contribution is 0.102. The number of aromatic nitrogens is 3. The molecule has 32 heavy (non-hydrogen) atoms. The highest BCUT2D eigenvalue weighted by Crippen LogP contribution is 2.30. The second-order valence-electron chi connectivity index (χ2n) is 8.76. The molecular formula is C23H30ClFN6O. The van der Waals surface area contributed by atoms with E-state index in [9.17, 15) is 9.18 Å². The van der Waals surface area contributed by atoms with Crippen LogP contribution in [0.4, 0.5) is 15.9 Å². The van der Waals surface area contributed by atoms with E-state index in [1.54, 1.807) is 0 Å². The maximum Gasteiger partial charge on any atom is 0.260 e. The Bertz CT molecular complexity index is 915. The van der Waals surface area contributed by atoms with Crippen LogP contribution in [0.2, 0.25) is 5.15 Å². The van der Waals surface area contributed by atoms with Gasteiger partial charge in [0.25, 0.3) is 5.91 Å². The number of carbonyl (C=O) groups is 1. The fourth-order valence-corrected chi connectivity index (χ4v) is 4.92. The number of amides is 1. The molecule has 2 aromatic heterocycles. The molecule has 0 saturated carbocycles. The average molecular weight is 461 g/mol. The number of carbonyl (C=O) groups excluding carboxylic acids is 1. The molecule has 0 atom stereocenters. The van der Waals surface area contributed by atoms with Gasteiger partial charge >= 0.3 is 0 Å². The van der Waals surface area contributed by atoms with E-state index in [2.05, 4.69) is 30.5 Å². The second-order valence-corrected chi connectivity index (χ2v) is 9.15. The fourth-order valence-electron chi connectivity index (χ4n) is 4.77. The molecule has 0 aromatic carbocycles. The Morgan fingerprint density at radius 2 is 1.84 bits per heavy atom. The molecule has 2 aromatic rings.